The van der Waals surface area contributed by atoms with Gasteiger partial charge in [-0.25, -0.2) is 18.4 Å². The van der Waals surface area contributed by atoms with Crippen LogP contribution in [0.4, 0.5) is 40.1 Å². The van der Waals surface area contributed by atoms with Crippen LogP contribution in [0.15, 0.2) is 24.4 Å². The Hall–Kier alpha value is -4.67. The number of nitriles is 1. The Kier molecular flexibility index (Phi) is 10.1. The number of carbonyl (C=O) groups excluding carboxylic acids is 1. The number of carbonyl (C=O) groups is 3. The molecule has 0 aliphatic carbocycles. The third-order valence-electron chi connectivity index (χ3n) is 7.28. The van der Waals surface area contributed by atoms with Crippen LogP contribution in [-0.2, 0) is 16.1 Å². The van der Waals surface area contributed by atoms with Crippen molar-refractivity contribution in [3.05, 3.63) is 52.2 Å². The van der Waals surface area contributed by atoms with E-state index in [1.807, 2.05) is 10.6 Å². The first-order valence-corrected chi connectivity index (χ1v) is 14.5. The number of aryl methyl sites for hydroxylation is 1. The number of anilines is 1. The number of benzene rings is 2. The number of halogens is 9. The number of carboxylic acids is 2. The molecule has 10 nitrogen and oxygen atoms in total. The molecule has 48 heavy (non-hydrogen) atoms. The molecule has 1 unspecified atom stereocenters. The number of aromatic nitrogens is 1. The van der Waals surface area contributed by atoms with E-state index in [2.05, 4.69) is 5.32 Å². The number of nitrogens with one attached hydrogen (secondary N) is 1. The molecule has 4 heterocycles. The maximum Gasteiger partial charge on any atom is 0.490 e. The summed E-state index contributed by atoms with van der Waals surface area (Å²) < 4.78 is 96.1. The van der Waals surface area contributed by atoms with E-state index in [-0.39, 0.29) is 48.7 Å². The molecular weight excluding hydrogens is 706 g/mol. The van der Waals surface area contributed by atoms with Gasteiger partial charge in [0, 0.05) is 54.8 Å². The maximum atomic E-state index is 15.9. The van der Waals surface area contributed by atoms with Crippen LogP contribution in [0.5, 0.6) is 0 Å². The standard InChI is InChI=1S/C24H18ClF2N5OS.2C2HF3O2/c25-15-10-31-5-3-11-9-30-4-6-32(11)24(33)13-7-17(27)19(20(15)21(13)31)12-1-2-16(26)22-18(12)14(8-28)23(29)34-22;2*3-2(4,5)1(6)7/h1-2,7,10-11,30H,3-6,9,29H2;2*(H,6,7). The molecule has 1 saturated heterocycles. The Morgan fingerprint density at radius 3 is 2.19 bits per heavy atom. The monoisotopic (exact) mass is 725 g/mol. The predicted octanol–water partition coefficient (Wildman–Crippen LogP) is 5.99. The average Bonchev–Trinajstić information content (AvgIpc) is 3.51. The summed E-state index contributed by atoms with van der Waals surface area (Å²) in [7, 11) is 0. The lowest BCUT2D eigenvalue weighted by molar-refractivity contribution is -0.193. The molecule has 2 aromatic carbocycles. The van der Waals surface area contributed by atoms with Crippen molar-refractivity contribution in [1.29, 1.82) is 5.26 Å². The van der Waals surface area contributed by atoms with Gasteiger partial charge in [-0.2, -0.15) is 31.6 Å². The highest BCUT2D eigenvalue weighted by Crippen LogP contribution is 2.46. The van der Waals surface area contributed by atoms with Gasteiger partial charge in [-0.05, 0) is 24.1 Å². The summed E-state index contributed by atoms with van der Waals surface area (Å²) in [6.07, 6.45) is -7.73. The summed E-state index contributed by atoms with van der Waals surface area (Å²) in [5, 5.41) is 28.3. The SMILES string of the molecule is N#Cc1c(N)sc2c(F)ccc(-c3c(F)cc4c5c3c(Cl)cn5CCC3CNCCN3C4=O)c12.O=C(O)C(F)(F)F.O=C(O)C(F)(F)F. The molecule has 20 heteroatoms. The van der Waals surface area contributed by atoms with Crippen molar-refractivity contribution >= 4 is 66.8 Å². The summed E-state index contributed by atoms with van der Waals surface area (Å²) >= 11 is 7.62. The lowest BCUT2D eigenvalue weighted by Gasteiger charge is -2.38. The molecule has 0 radical (unpaired) electrons. The van der Waals surface area contributed by atoms with E-state index in [1.54, 1.807) is 11.1 Å². The minimum absolute atomic E-state index is 0.0112. The maximum absolute atomic E-state index is 15.9. The normalized spacial score (nSPS) is 16.1. The van der Waals surface area contributed by atoms with E-state index in [0.717, 1.165) is 17.8 Å². The first-order valence-electron chi connectivity index (χ1n) is 13.3. The van der Waals surface area contributed by atoms with Gasteiger partial charge in [0.15, 0.2) is 0 Å². The molecule has 0 spiro atoms. The molecule has 2 aliphatic heterocycles. The van der Waals surface area contributed by atoms with Crippen molar-refractivity contribution in [2.45, 2.75) is 31.4 Å². The predicted molar refractivity (Wildman–Crippen MR) is 157 cm³/mol. The second-order valence-corrected chi connectivity index (χ2v) is 11.6. The van der Waals surface area contributed by atoms with Crippen LogP contribution >= 0.6 is 22.9 Å². The van der Waals surface area contributed by atoms with E-state index in [9.17, 15) is 40.8 Å². The molecular formula is C28H20ClF8N5O5S. The number of nitrogen functional groups attached to an aromatic ring is 1. The minimum Gasteiger partial charge on any atom is -0.475 e. The third-order valence-corrected chi connectivity index (χ3v) is 8.59. The Labute approximate surface area is 272 Å². The number of aliphatic carboxylic acids is 2. The molecule has 1 atom stereocenters. The summed E-state index contributed by atoms with van der Waals surface area (Å²) in [5.41, 5.74) is 7.33. The minimum atomic E-state index is -5.08. The van der Waals surface area contributed by atoms with Crippen LogP contribution in [0.1, 0.15) is 22.3 Å². The number of rotatable bonds is 1. The number of nitrogens with two attached hydrogens (primary N) is 1. The largest absolute Gasteiger partial charge is 0.490 e. The molecule has 0 saturated carbocycles. The smallest absolute Gasteiger partial charge is 0.475 e. The fourth-order valence-electron chi connectivity index (χ4n) is 5.28. The number of hydrogen-bond acceptors (Lipinski definition) is 7. The zero-order valence-corrected chi connectivity index (χ0v) is 25.3. The topological polar surface area (TPSA) is 162 Å². The second-order valence-electron chi connectivity index (χ2n) is 10.2. The highest BCUT2D eigenvalue weighted by atomic mass is 35.5. The molecule has 0 bridgehead atoms. The fraction of sp³-hybridized carbons (Fsp3) is 0.286. The molecule has 256 valence electrons. The number of fused-ring (bicyclic) bond motifs is 2. The average molecular weight is 726 g/mol. The van der Waals surface area contributed by atoms with Crippen LogP contribution in [0.2, 0.25) is 5.02 Å². The fourth-order valence-corrected chi connectivity index (χ4v) is 6.53. The lowest BCUT2D eigenvalue weighted by Crippen LogP contribution is -2.54. The number of amides is 1. The van der Waals surface area contributed by atoms with Crippen LogP contribution in [-0.4, -0.2) is 75.6 Å². The Balaban J connectivity index is 0.000000314. The van der Waals surface area contributed by atoms with Crippen molar-refractivity contribution < 1.29 is 59.7 Å². The zero-order valence-electron chi connectivity index (χ0n) is 23.8. The number of piperazine rings is 1. The highest BCUT2D eigenvalue weighted by molar-refractivity contribution is 7.23. The number of hydrogen-bond donors (Lipinski definition) is 4. The van der Waals surface area contributed by atoms with Crippen LogP contribution in [0, 0.1) is 23.0 Å². The van der Waals surface area contributed by atoms with Gasteiger partial charge in [0.1, 0.15) is 22.7 Å². The van der Waals surface area contributed by atoms with Crippen molar-refractivity contribution in [2.24, 2.45) is 0 Å². The van der Waals surface area contributed by atoms with Gasteiger partial charge in [-0.3, -0.25) is 4.79 Å². The molecule has 4 aromatic rings. The summed E-state index contributed by atoms with van der Waals surface area (Å²) in [5.74, 6) is -6.95. The van der Waals surface area contributed by atoms with E-state index in [0.29, 0.717) is 42.6 Å². The number of nitrogens with zero attached hydrogens (tertiary/aromatic N) is 3. The molecule has 2 aliphatic rings. The molecule has 5 N–H and O–H groups in total. The summed E-state index contributed by atoms with van der Waals surface area (Å²) in [6.45, 7) is 2.51. The molecule has 1 fully saturated rings. The second kappa shape index (κ2) is 13.4. The van der Waals surface area contributed by atoms with Crippen LogP contribution in [0.3, 0.4) is 0 Å². The van der Waals surface area contributed by atoms with Gasteiger partial charge in [-0.1, -0.05) is 17.7 Å². The molecule has 1 amide bonds. The van der Waals surface area contributed by atoms with Gasteiger partial charge in [0.25, 0.3) is 5.91 Å². The first-order chi connectivity index (χ1) is 22.3. The Morgan fingerprint density at radius 1 is 1.02 bits per heavy atom. The van der Waals surface area contributed by atoms with E-state index >= 15 is 4.39 Å². The van der Waals surface area contributed by atoms with Crippen LogP contribution < -0.4 is 11.1 Å². The number of thiophene rings is 1. The molecule has 6 rings (SSSR count). The summed E-state index contributed by atoms with van der Waals surface area (Å²) in [6, 6.07) is 5.95. The van der Waals surface area contributed by atoms with Gasteiger partial charge >= 0.3 is 24.3 Å². The Bertz CT molecular complexity index is 1960. The van der Waals surface area contributed by atoms with E-state index < -0.39 is 35.9 Å². The third kappa shape index (κ3) is 6.95. The van der Waals surface area contributed by atoms with Crippen molar-refractivity contribution in [3.63, 3.8) is 0 Å². The summed E-state index contributed by atoms with van der Waals surface area (Å²) in [4.78, 5) is 33.1. The van der Waals surface area contributed by atoms with Crippen molar-refractivity contribution in [1.82, 2.24) is 14.8 Å². The quantitative estimate of drug-likeness (QED) is 0.174. The van der Waals surface area contributed by atoms with Gasteiger partial charge in [0.2, 0.25) is 0 Å². The number of alkyl halides is 6. The van der Waals surface area contributed by atoms with E-state index in [4.69, 9.17) is 37.1 Å². The number of carboxylic acid groups (broad SMARTS) is 2. The van der Waals surface area contributed by atoms with Gasteiger partial charge in [-0.15, -0.1) is 11.3 Å². The van der Waals surface area contributed by atoms with E-state index in [1.165, 1.54) is 18.2 Å². The van der Waals surface area contributed by atoms with Crippen LogP contribution in [0.25, 0.3) is 32.1 Å². The molecule has 2 aromatic heterocycles. The first kappa shape index (κ1) is 36.2. The van der Waals surface area contributed by atoms with Crippen molar-refractivity contribution in [2.75, 3.05) is 25.4 Å². The zero-order chi connectivity index (χ0) is 35.9. The lowest BCUT2D eigenvalue weighted by atomic mass is 9.93. The van der Waals surface area contributed by atoms with Gasteiger partial charge in [0.05, 0.1) is 26.4 Å². The highest BCUT2D eigenvalue weighted by Gasteiger charge is 2.39. The van der Waals surface area contributed by atoms with Gasteiger partial charge < -0.3 is 30.7 Å². The van der Waals surface area contributed by atoms with Crippen molar-refractivity contribution in [3.8, 4) is 17.2 Å². The Morgan fingerprint density at radius 2 is 1.62 bits per heavy atom.